The molecular weight excluding hydrogens is 454 g/mol. The van der Waals surface area contributed by atoms with Crippen LogP contribution in [0.25, 0.3) is 0 Å². The van der Waals surface area contributed by atoms with Crippen LogP contribution in [0.4, 0.5) is 0 Å². The molecule has 0 saturated heterocycles. The van der Waals surface area contributed by atoms with E-state index in [0.29, 0.717) is 19.0 Å². The number of carboxylic acids is 1. The van der Waals surface area contributed by atoms with Crippen molar-refractivity contribution in [2.24, 2.45) is 0 Å². The molecule has 4 rings (SSSR count). The zero-order valence-electron chi connectivity index (χ0n) is 20.9. The van der Waals surface area contributed by atoms with Gasteiger partial charge in [0.25, 0.3) is 5.91 Å². The van der Waals surface area contributed by atoms with Gasteiger partial charge in [-0.25, -0.2) is 4.79 Å². The molecule has 0 aliphatic carbocycles. The molecule has 1 N–H and O–H groups in total. The summed E-state index contributed by atoms with van der Waals surface area (Å²) in [4.78, 5) is 27.6. The Morgan fingerprint density at radius 1 is 1.03 bits per heavy atom. The molecule has 1 aliphatic rings. The molecule has 188 valence electrons. The third-order valence-electron chi connectivity index (χ3n) is 6.57. The number of amides is 1. The van der Waals surface area contributed by atoms with Gasteiger partial charge in [-0.3, -0.25) is 4.79 Å². The molecule has 0 aromatic heterocycles. The maximum atomic E-state index is 13.8. The van der Waals surface area contributed by atoms with E-state index in [1.807, 2.05) is 79.7 Å². The predicted octanol–water partition coefficient (Wildman–Crippen LogP) is 5.47. The van der Waals surface area contributed by atoms with Crippen LogP contribution in [-0.4, -0.2) is 34.5 Å². The van der Waals surface area contributed by atoms with Crippen molar-refractivity contribution in [3.63, 3.8) is 0 Å². The van der Waals surface area contributed by atoms with Gasteiger partial charge in [-0.05, 0) is 35.6 Å². The number of aryl methyl sites for hydroxylation is 1. The standard InChI is InChI=1S/C30H33NO5/c1-3-4-17-35-28(23-13-9-6-10-14-23)29(32)31-19-24-16-15-21(2)27(25(24)18-26(31)30(33)34)36-20-22-11-7-5-8-12-22/h5-16,26,28H,3-4,17-20H2,1-2H3,(H,33,34)/t26-,28-/m0/s1. The molecular formula is C30H33NO5. The molecule has 0 unspecified atom stereocenters. The van der Waals surface area contributed by atoms with E-state index in [1.54, 1.807) is 0 Å². The third kappa shape index (κ3) is 5.77. The molecule has 0 spiro atoms. The van der Waals surface area contributed by atoms with Crippen molar-refractivity contribution in [1.82, 2.24) is 4.90 Å². The van der Waals surface area contributed by atoms with E-state index >= 15 is 0 Å². The van der Waals surface area contributed by atoms with Gasteiger partial charge in [-0.2, -0.15) is 0 Å². The third-order valence-corrected chi connectivity index (χ3v) is 6.57. The first kappa shape index (κ1) is 25.5. The zero-order valence-corrected chi connectivity index (χ0v) is 20.9. The van der Waals surface area contributed by atoms with Crippen LogP contribution in [0.5, 0.6) is 5.75 Å². The van der Waals surface area contributed by atoms with Crippen LogP contribution < -0.4 is 4.74 Å². The van der Waals surface area contributed by atoms with Gasteiger partial charge in [0.1, 0.15) is 18.4 Å². The van der Waals surface area contributed by atoms with Crippen molar-refractivity contribution in [1.29, 1.82) is 0 Å². The first-order chi connectivity index (χ1) is 17.5. The Balaban J connectivity index is 1.63. The van der Waals surface area contributed by atoms with Gasteiger partial charge in [0, 0.05) is 25.1 Å². The number of benzene rings is 3. The zero-order chi connectivity index (χ0) is 25.5. The summed E-state index contributed by atoms with van der Waals surface area (Å²) in [5.74, 6) is -0.666. The highest BCUT2D eigenvalue weighted by atomic mass is 16.5. The normalized spacial score (nSPS) is 15.7. The molecule has 6 heteroatoms. The number of rotatable bonds is 10. The summed E-state index contributed by atoms with van der Waals surface area (Å²) in [7, 11) is 0. The topological polar surface area (TPSA) is 76.1 Å². The fourth-order valence-electron chi connectivity index (χ4n) is 4.57. The number of fused-ring (bicyclic) bond motifs is 1. The highest BCUT2D eigenvalue weighted by Crippen LogP contribution is 2.36. The molecule has 2 atom stereocenters. The van der Waals surface area contributed by atoms with Crippen molar-refractivity contribution in [2.45, 2.75) is 58.4 Å². The number of carbonyl (C=O) groups is 2. The van der Waals surface area contributed by atoms with Gasteiger partial charge >= 0.3 is 5.97 Å². The van der Waals surface area contributed by atoms with Crippen LogP contribution >= 0.6 is 0 Å². The van der Waals surface area contributed by atoms with Crippen molar-refractivity contribution in [3.8, 4) is 5.75 Å². The summed E-state index contributed by atoms with van der Waals surface area (Å²) in [5.41, 5.74) is 4.45. The minimum atomic E-state index is -1.04. The Bertz CT molecular complexity index is 1180. The largest absolute Gasteiger partial charge is 0.488 e. The molecule has 0 fully saturated rings. The van der Waals surface area contributed by atoms with Gasteiger partial charge in [-0.15, -0.1) is 0 Å². The summed E-state index contributed by atoms with van der Waals surface area (Å²) >= 11 is 0. The SMILES string of the molecule is CCCCO[C@H](C(=O)N1Cc2ccc(C)c(OCc3ccccc3)c2C[C@H]1C(=O)O)c1ccccc1. The lowest BCUT2D eigenvalue weighted by molar-refractivity contribution is -0.158. The van der Waals surface area contributed by atoms with Gasteiger partial charge < -0.3 is 19.5 Å². The Labute approximate surface area is 212 Å². The molecule has 0 saturated carbocycles. The van der Waals surface area contributed by atoms with Gasteiger partial charge in [0.05, 0.1) is 0 Å². The fourth-order valence-corrected chi connectivity index (χ4v) is 4.57. The minimum absolute atomic E-state index is 0.179. The van der Waals surface area contributed by atoms with Crippen molar-refractivity contribution in [3.05, 3.63) is 101 Å². The van der Waals surface area contributed by atoms with Crippen LogP contribution in [0.3, 0.4) is 0 Å². The molecule has 3 aromatic rings. The van der Waals surface area contributed by atoms with Crippen molar-refractivity contribution >= 4 is 11.9 Å². The Morgan fingerprint density at radius 3 is 2.39 bits per heavy atom. The quantitative estimate of drug-likeness (QED) is 0.384. The molecule has 0 radical (unpaired) electrons. The Hall–Kier alpha value is -3.64. The van der Waals surface area contributed by atoms with Crippen molar-refractivity contribution < 1.29 is 24.2 Å². The number of carbonyl (C=O) groups excluding carboxylic acids is 1. The minimum Gasteiger partial charge on any atom is -0.488 e. The second-order valence-electron chi connectivity index (χ2n) is 9.16. The van der Waals surface area contributed by atoms with E-state index in [0.717, 1.165) is 40.7 Å². The smallest absolute Gasteiger partial charge is 0.326 e. The average molecular weight is 488 g/mol. The number of ether oxygens (including phenoxy) is 2. The number of nitrogens with zero attached hydrogens (tertiary/aromatic N) is 1. The van der Waals surface area contributed by atoms with Gasteiger partial charge in [0.15, 0.2) is 6.10 Å². The number of hydrogen-bond donors (Lipinski definition) is 1. The fraction of sp³-hybridized carbons (Fsp3) is 0.333. The van der Waals surface area contributed by atoms with Crippen molar-refractivity contribution in [2.75, 3.05) is 6.61 Å². The molecule has 1 aliphatic heterocycles. The number of carboxylic acid groups (broad SMARTS) is 1. The monoisotopic (exact) mass is 487 g/mol. The first-order valence-electron chi connectivity index (χ1n) is 12.5. The summed E-state index contributed by atoms with van der Waals surface area (Å²) in [6.07, 6.45) is 1.10. The molecule has 1 heterocycles. The van der Waals surface area contributed by atoms with Crippen LogP contribution in [0.1, 0.15) is 53.7 Å². The number of unbranched alkanes of at least 4 members (excludes halogenated alkanes) is 1. The van der Waals surface area contributed by atoms with E-state index in [9.17, 15) is 14.7 Å². The lowest BCUT2D eigenvalue weighted by Gasteiger charge is -2.37. The van der Waals surface area contributed by atoms with E-state index in [2.05, 4.69) is 6.92 Å². The maximum Gasteiger partial charge on any atom is 0.326 e. The van der Waals surface area contributed by atoms with E-state index in [4.69, 9.17) is 9.47 Å². The Morgan fingerprint density at radius 2 is 1.72 bits per heavy atom. The lowest BCUT2D eigenvalue weighted by atomic mass is 9.90. The second kappa shape index (κ2) is 11.9. The second-order valence-corrected chi connectivity index (χ2v) is 9.16. The molecule has 1 amide bonds. The van der Waals surface area contributed by atoms with E-state index in [-0.39, 0.29) is 18.9 Å². The van der Waals surface area contributed by atoms with Gasteiger partial charge in [-0.1, -0.05) is 86.1 Å². The summed E-state index contributed by atoms with van der Waals surface area (Å²) < 4.78 is 12.2. The molecule has 0 bridgehead atoms. The van der Waals surface area contributed by atoms with E-state index < -0.39 is 18.1 Å². The predicted molar refractivity (Wildman–Crippen MR) is 138 cm³/mol. The average Bonchev–Trinajstić information content (AvgIpc) is 2.90. The van der Waals surface area contributed by atoms with Crippen LogP contribution in [0.15, 0.2) is 72.8 Å². The molecule has 3 aromatic carbocycles. The number of hydrogen-bond acceptors (Lipinski definition) is 4. The maximum absolute atomic E-state index is 13.8. The number of aliphatic carboxylic acids is 1. The first-order valence-corrected chi connectivity index (χ1v) is 12.5. The van der Waals surface area contributed by atoms with Crippen LogP contribution in [0.2, 0.25) is 0 Å². The lowest BCUT2D eigenvalue weighted by Crippen LogP contribution is -2.50. The van der Waals surface area contributed by atoms with Crippen LogP contribution in [-0.2, 0) is 33.9 Å². The van der Waals surface area contributed by atoms with Crippen LogP contribution in [0, 0.1) is 6.92 Å². The summed E-state index contributed by atoms with van der Waals surface area (Å²) in [6, 6.07) is 22.1. The summed E-state index contributed by atoms with van der Waals surface area (Å²) in [5, 5.41) is 10.1. The molecule has 36 heavy (non-hydrogen) atoms. The highest BCUT2D eigenvalue weighted by Gasteiger charge is 2.39. The molecule has 6 nitrogen and oxygen atoms in total. The summed E-state index contributed by atoms with van der Waals surface area (Å²) in [6.45, 7) is 5.03. The van der Waals surface area contributed by atoms with Gasteiger partial charge in [0.2, 0.25) is 0 Å². The highest BCUT2D eigenvalue weighted by molar-refractivity contribution is 5.88. The van der Waals surface area contributed by atoms with E-state index in [1.165, 1.54) is 4.90 Å². The Kier molecular flexibility index (Phi) is 8.39.